The molecule has 0 radical (unpaired) electrons. The zero-order valence-electron chi connectivity index (χ0n) is 13.5. The van der Waals surface area contributed by atoms with E-state index in [-0.39, 0.29) is 11.8 Å². The molecule has 1 aliphatic rings. The van der Waals surface area contributed by atoms with Gasteiger partial charge in [0.05, 0.1) is 7.11 Å². The molecule has 2 amide bonds. The molecule has 1 aromatic carbocycles. The maximum Gasteiger partial charge on any atom is 0.249 e. The number of hydrogen-bond acceptors (Lipinski definition) is 6. The first kappa shape index (κ1) is 16.4. The molecule has 8 heteroatoms. The number of rotatable bonds is 4. The number of aromatic nitrogens is 2. The first-order valence-electron chi connectivity index (χ1n) is 7.64. The van der Waals surface area contributed by atoms with Crippen LogP contribution >= 0.6 is 11.3 Å². The fourth-order valence-electron chi connectivity index (χ4n) is 2.75. The number of amides is 2. The monoisotopic (exact) mass is 346 g/mol. The highest BCUT2D eigenvalue weighted by molar-refractivity contribution is 7.18. The average molecular weight is 346 g/mol. The van der Waals surface area contributed by atoms with Crippen molar-refractivity contribution < 1.29 is 14.3 Å². The summed E-state index contributed by atoms with van der Waals surface area (Å²) in [6.45, 7) is 2.11. The van der Waals surface area contributed by atoms with Crippen LogP contribution in [0.2, 0.25) is 0 Å². The molecule has 1 fully saturated rings. The number of benzene rings is 1. The van der Waals surface area contributed by atoms with Gasteiger partial charge in [-0.1, -0.05) is 23.5 Å². The molecule has 0 bridgehead atoms. The predicted octanol–water partition coefficient (Wildman–Crippen LogP) is 2.16. The van der Waals surface area contributed by atoms with E-state index in [9.17, 15) is 9.59 Å². The van der Waals surface area contributed by atoms with Gasteiger partial charge in [-0.3, -0.25) is 14.9 Å². The predicted molar refractivity (Wildman–Crippen MR) is 90.9 cm³/mol. The van der Waals surface area contributed by atoms with Gasteiger partial charge in [0.1, 0.15) is 16.8 Å². The van der Waals surface area contributed by atoms with Crippen LogP contribution in [0.3, 0.4) is 0 Å². The lowest BCUT2D eigenvalue weighted by Crippen LogP contribution is -2.42. The van der Waals surface area contributed by atoms with Crippen molar-refractivity contribution in [1.82, 2.24) is 15.1 Å². The first-order chi connectivity index (χ1) is 11.6. The van der Waals surface area contributed by atoms with E-state index in [1.807, 2.05) is 24.3 Å². The van der Waals surface area contributed by atoms with Gasteiger partial charge in [-0.25, -0.2) is 0 Å². The summed E-state index contributed by atoms with van der Waals surface area (Å²) in [6, 6.07) is 7.07. The third kappa shape index (κ3) is 3.38. The highest BCUT2D eigenvalue weighted by atomic mass is 32.1. The summed E-state index contributed by atoms with van der Waals surface area (Å²) in [5.41, 5.74) is 0.874. The van der Waals surface area contributed by atoms with Crippen LogP contribution < -0.4 is 10.1 Å². The van der Waals surface area contributed by atoms with Crippen molar-refractivity contribution in [3.63, 3.8) is 0 Å². The lowest BCUT2D eigenvalue weighted by Gasteiger charge is -2.21. The minimum atomic E-state index is -0.424. The Bertz CT molecular complexity index is 761. The number of methoxy groups -OCH3 is 1. The Morgan fingerprint density at radius 1 is 1.38 bits per heavy atom. The maximum absolute atomic E-state index is 12.4. The van der Waals surface area contributed by atoms with E-state index < -0.39 is 6.04 Å². The van der Waals surface area contributed by atoms with Crippen LogP contribution in [-0.2, 0) is 9.59 Å². The Labute approximate surface area is 143 Å². The van der Waals surface area contributed by atoms with E-state index in [2.05, 4.69) is 15.5 Å². The molecule has 2 aromatic rings. The second-order valence-corrected chi connectivity index (χ2v) is 6.48. The van der Waals surface area contributed by atoms with Crippen molar-refractivity contribution >= 4 is 28.3 Å². The van der Waals surface area contributed by atoms with Gasteiger partial charge in [0, 0.05) is 19.0 Å². The van der Waals surface area contributed by atoms with Crippen LogP contribution in [0.5, 0.6) is 5.75 Å². The molecule has 2 heterocycles. The Kier molecular flexibility index (Phi) is 4.75. The van der Waals surface area contributed by atoms with Crippen LogP contribution in [0.25, 0.3) is 10.6 Å². The highest BCUT2D eigenvalue weighted by Crippen LogP contribution is 2.29. The average Bonchev–Trinajstić information content (AvgIpc) is 3.24. The van der Waals surface area contributed by atoms with Gasteiger partial charge in [0.25, 0.3) is 0 Å². The molecule has 0 saturated carbocycles. The fourth-order valence-corrected chi connectivity index (χ4v) is 3.49. The SMILES string of the molecule is COc1cccc(-c2nnc(NC(=O)C3CCCN3C(C)=O)s2)c1. The van der Waals surface area contributed by atoms with Crippen molar-refractivity contribution in [3.8, 4) is 16.3 Å². The van der Waals surface area contributed by atoms with Crippen molar-refractivity contribution in [1.29, 1.82) is 0 Å². The number of hydrogen-bond donors (Lipinski definition) is 1. The van der Waals surface area contributed by atoms with E-state index >= 15 is 0 Å². The van der Waals surface area contributed by atoms with E-state index in [1.165, 1.54) is 18.3 Å². The number of carbonyl (C=O) groups is 2. The van der Waals surface area contributed by atoms with Gasteiger partial charge in [-0.05, 0) is 25.0 Å². The molecular weight excluding hydrogens is 328 g/mol. The zero-order chi connectivity index (χ0) is 17.1. The minimum Gasteiger partial charge on any atom is -0.497 e. The maximum atomic E-state index is 12.4. The van der Waals surface area contributed by atoms with Crippen LogP contribution in [0.15, 0.2) is 24.3 Å². The van der Waals surface area contributed by atoms with Crippen molar-refractivity contribution in [2.75, 3.05) is 19.0 Å². The normalized spacial score (nSPS) is 16.9. The zero-order valence-corrected chi connectivity index (χ0v) is 14.3. The molecule has 126 valence electrons. The summed E-state index contributed by atoms with van der Waals surface area (Å²) in [5, 5.41) is 12.0. The molecule has 0 aliphatic carbocycles. The molecule has 1 saturated heterocycles. The first-order valence-corrected chi connectivity index (χ1v) is 8.46. The molecule has 3 rings (SSSR count). The number of nitrogens with one attached hydrogen (secondary N) is 1. The van der Waals surface area contributed by atoms with Gasteiger partial charge in [-0.2, -0.15) is 0 Å². The second-order valence-electron chi connectivity index (χ2n) is 5.50. The number of likely N-dealkylation sites (tertiary alicyclic amines) is 1. The Balaban J connectivity index is 1.72. The molecule has 1 atom stereocenters. The lowest BCUT2D eigenvalue weighted by molar-refractivity contribution is -0.134. The fraction of sp³-hybridized carbons (Fsp3) is 0.375. The highest BCUT2D eigenvalue weighted by Gasteiger charge is 2.32. The van der Waals surface area contributed by atoms with Crippen LogP contribution in [0, 0.1) is 0 Å². The van der Waals surface area contributed by atoms with Crippen LogP contribution in [-0.4, -0.2) is 46.6 Å². The largest absolute Gasteiger partial charge is 0.497 e. The molecule has 1 aliphatic heterocycles. The summed E-state index contributed by atoms with van der Waals surface area (Å²) in [6.07, 6.45) is 1.51. The molecule has 0 spiro atoms. The number of nitrogens with zero attached hydrogens (tertiary/aromatic N) is 3. The summed E-state index contributed by atoms with van der Waals surface area (Å²) in [4.78, 5) is 25.6. The molecule has 1 unspecified atom stereocenters. The topological polar surface area (TPSA) is 84.4 Å². The van der Waals surface area contributed by atoms with Gasteiger partial charge >= 0.3 is 0 Å². The molecule has 24 heavy (non-hydrogen) atoms. The van der Waals surface area contributed by atoms with E-state index in [0.29, 0.717) is 23.1 Å². The molecule has 7 nitrogen and oxygen atoms in total. The van der Waals surface area contributed by atoms with Crippen molar-refractivity contribution in [2.45, 2.75) is 25.8 Å². The summed E-state index contributed by atoms with van der Waals surface area (Å²) in [7, 11) is 1.60. The van der Waals surface area contributed by atoms with Crippen molar-refractivity contribution in [3.05, 3.63) is 24.3 Å². The van der Waals surface area contributed by atoms with E-state index in [0.717, 1.165) is 17.7 Å². The summed E-state index contributed by atoms with van der Waals surface area (Å²) < 4.78 is 5.20. The van der Waals surface area contributed by atoms with Crippen LogP contribution in [0.1, 0.15) is 19.8 Å². The molecule has 1 aromatic heterocycles. The quantitative estimate of drug-likeness (QED) is 0.917. The van der Waals surface area contributed by atoms with Gasteiger partial charge in [0.2, 0.25) is 16.9 Å². The standard InChI is InChI=1S/C16H18N4O3S/c1-10(21)20-8-4-7-13(20)14(22)17-16-19-18-15(24-16)11-5-3-6-12(9-11)23-2/h3,5-6,9,13H,4,7-8H2,1-2H3,(H,17,19,22). The van der Waals surface area contributed by atoms with Gasteiger partial charge in [-0.15, -0.1) is 10.2 Å². The number of ether oxygens (including phenoxy) is 1. The summed E-state index contributed by atoms with van der Waals surface area (Å²) >= 11 is 1.29. The smallest absolute Gasteiger partial charge is 0.249 e. The Morgan fingerprint density at radius 2 is 2.21 bits per heavy atom. The molecule has 1 N–H and O–H groups in total. The second kappa shape index (κ2) is 6.96. The van der Waals surface area contributed by atoms with Gasteiger partial charge < -0.3 is 9.64 Å². The number of anilines is 1. The lowest BCUT2D eigenvalue weighted by atomic mass is 10.2. The Hall–Kier alpha value is -2.48. The molecular formula is C16H18N4O3S. The van der Waals surface area contributed by atoms with E-state index in [1.54, 1.807) is 12.0 Å². The van der Waals surface area contributed by atoms with Gasteiger partial charge in [0.15, 0.2) is 0 Å². The van der Waals surface area contributed by atoms with E-state index in [4.69, 9.17) is 4.74 Å². The van der Waals surface area contributed by atoms with Crippen molar-refractivity contribution in [2.24, 2.45) is 0 Å². The number of carbonyl (C=O) groups excluding carboxylic acids is 2. The third-order valence-corrected chi connectivity index (χ3v) is 4.82. The van der Waals surface area contributed by atoms with Crippen LogP contribution in [0.4, 0.5) is 5.13 Å². The third-order valence-electron chi connectivity index (χ3n) is 3.93. The summed E-state index contributed by atoms with van der Waals surface area (Å²) in [5.74, 6) is 0.439. The minimum absolute atomic E-state index is 0.0815. The Morgan fingerprint density at radius 3 is 2.96 bits per heavy atom.